The summed E-state index contributed by atoms with van der Waals surface area (Å²) in [5, 5.41) is 7.29. The summed E-state index contributed by atoms with van der Waals surface area (Å²) in [5.41, 5.74) is 14.3. The first kappa shape index (κ1) is 33.6. The van der Waals surface area contributed by atoms with Gasteiger partial charge >= 0.3 is 0 Å². The lowest BCUT2D eigenvalue weighted by Crippen LogP contribution is -2.11. The van der Waals surface area contributed by atoms with Crippen molar-refractivity contribution in [2.45, 2.75) is 0 Å². The summed E-state index contributed by atoms with van der Waals surface area (Å²) in [6.45, 7) is 0. The van der Waals surface area contributed by atoms with Crippen LogP contribution in [0, 0.1) is 0 Å². The highest BCUT2D eigenvalue weighted by molar-refractivity contribution is 6.12. The van der Waals surface area contributed by atoms with Gasteiger partial charge in [-0.25, -0.2) is 0 Å². The van der Waals surface area contributed by atoms with Crippen LogP contribution < -0.4 is 4.90 Å². The second-order valence-electron chi connectivity index (χ2n) is 14.9. The third-order valence-electron chi connectivity index (χ3n) is 11.5. The molecule has 0 amide bonds. The molecule has 0 bridgehead atoms. The number of furan rings is 1. The summed E-state index contributed by atoms with van der Waals surface area (Å²) in [7, 11) is 0. The highest BCUT2D eigenvalue weighted by Gasteiger charge is 2.20. The molecule has 0 saturated heterocycles. The fourth-order valence-corrected chi connectivity index (χ4v) is 8.66. The van der Waals surface area contributed by atoms with E-state index in [0.29, 0.717) is 0 Å². The molecule has 2 heteroatoms. The quantitative estimate of drug-likeness (QED) is 0.151. The molecule has 0 unspecified atom stereocenters. The van der Waals surface area contributed by atoms with Crippen LogP contribution in [0.2, 0.25) is 0 Å². The zero-order valence-corrected chi connectivity index (χ0v) is 31.7. The molecule has 1 aromatic heterocycles. The van der Waals surface area contributed by atoms with Gasteiger partial charge in [0.2, 0.25) is 0 Å². The molecule has 0 aliphatic rings. The van der Waals surface area contributed by atoms with Crippen LogP contribution in [0.3, 0.4) is 0 Å². The van der Waals surface area contributed by atoms with Gasteiger partial charge in [-0.05, 0) is 97.4 Å². The first-order valence-electron chi connectivity index (χ1n) is 19.8. The average molecular weight is 740 g/mol. The Morgan fingerprint density at radius 1 is 0.293 bits per heavy atom. The highest BCUT2D eigenvalue weighted by atomic mass is 16.3. The van der Waals surface area contributed by atoms with Gasteiger partial charge in [-0.2, -0.15) is 0 Å². The van der Waals surface area contributed by atoms with Crippen molar-refractivity contribution in [3.63, 3.8) is 0 Å². The van der Waals surface area contributed by atoms with Gasteiger partial charge in [0.1, 0.15) is 11.2 Å². The number of hydrogen-bond donors (Lipinski definition) is 0. The molecule has 0 radical (unpaired) electrons. The van der Waals surface area contributed by atoms with E-state index >= 15 is 0 Å². The molecule has 0 N–H and O–H groups in total. The van der Waals surface area contributed by atoms with Gasteiger partial charge in [0, 0.05) is 33.3 Å². The summed E-state index contributed by atoms with van der Waals surface area (Å²) in [6, 6.07) is 80.7. The predicted molar refractivity (Wildman–Crippen MR) is 245 cm³/mol. The van der Waals surface area contributed by atoms with Gasteiger partial charge in [-0.3, -0.25) is 0 Å². The Bertz CT molecular complexity index is 3250. The van der Waals surface area contributed by atoms with Crippen molar-refractivity contribution >= 4 is 60.5 Å². The molecule has 0 spiro atoms. The largest absolute Gasteiger partial charge is 0.455 e. The van der Waals surface area contributed by atoms with Crippen LogP contribution in [0.5, 0.6) is 0 Å². The Morgan fingerprint density at radius 3 is 1.60 bits per heavy atom. The fourth-order valence-electron chi connectivity index (χ4n) is 8.66. The normalized spacial score (nSPS) is 11.4. The van der Waals surface area contributed by atoms with Crippen LogP contribution in [-0.4, -0.2) is 0 Å². The van der Waals surface area contributed by atoms with Crippen molar-refractivity contribution in [2.24, 2.45) is 0 Å². The first-order valence-corrected chi connectivity index (χ1v) is 19.8. The number of nitrogens with zero attached hydrogens (tertiary/aromatic N) is 1. The second kappa shape index (κ2) is 14.1. The summed E-state index contributed by atoms with van der Waals surface area (Å²) in [5.74, 6) is 0. The lowest BCUT2D eigenvalue weighted by atomic mass is 9.92. The molecule has 0 aliphatic heterocycles. The van der Waals surface area contributed by atoms with Crippen LogP contribution in [-0.2, 0) is 0 Å². The van der Waals surface area contributed by atoms with E-state index in [9.17, 15) is 0 Å². The average Bonchev–Trinajstić information content (AvgIpc) is 3.69. The van der Waals surface area contributed by atoms with Gasteiger partial charge in [-0.1, -0.05) is 182 Å². The summed E-state index contributed by atoms with van der Waals surface area (Å²) in [6.07, 6.45) is 0. The van der Waals surface area contributed by atoms with Crippen molar-refractivity contribution in [1.29, 1.82) is 0 Å². The Labute approximate surface area is 337 Å². The molecule has 58 heavy (non-hydrogen) atoms. The van der Waals surface area contributed by atoms with Crippen LogP contribution in [0.15, 0.2) is 229 Å². The highest BCUT2D eigenvalue weighted by Crippen LogP contribution is 2.45. The maximum atomic E-state index is 6.45. The van der Waals surface area contributed by atoms with Gasteiger partial charge < -0.3 is 9.32 Å². The fraction of sp³-hybridized carbons (Fsp3) is 0. The topological polar surface area (TPSA) is 16.4 Å². The maximum Gasteiger partial charge on any atom is 0.143 e. The molecule has 10 aromatic carbocycles. The third-order valence-corrected chi connectivity index (χ3v) is 11.5. The second-order valence-corrected chi connectivity index (χ2v) is 14.9. The van der Waals surface area contributed by atoms with Gasteiger partial charge in [0.15, 0.2) is 0 Å². The molecule has 0 fully saturated rings. The van der Waals surface area contributed by atoms with Gasteiger partial charge in [0.05, 0.1) is 5.69 Å². The van der Waals surface area contributed by atoms with Crippen molar-refractivity contribution in [3.8, 4) is 44.5 Å². The van der Waals surface area contributed by atoms with E-state index in [1.165, 1.54) is 43.8 Å². The minimum absolute atomic E-state index is 0.903. The first-order chi connectivity index (χ1) is 28.8. The molecule has 2 nitrogen and oxygen atoms in total. The van der Waals surface area contributed by atoms with E-state index in [1.807, 2.05) is 12.1 Å². The van der Waals surface area contributed by atoms with Crippen LogP contribution in [0.25, 0.3) is 88.0 Å². The number of benzene rings is 10. The van der Waals surface area contributed by atoms with E-state index < -0.39 is 0 Å². The van der Waals surface area contributed by atoms with Crippen molar-refractivity contribution in [2.75, 3.05) is 4.90 Å². The lowest BCUT2D eigenvalue weighted by molar-refractivity contribution is 0.670. The Morgan fingerprint density at radius 2 is 0.845 bits per heavy atom. The molecule has 0 aliphatic carbocycles. The van der Waals surface area contributed by atoms with Gasteiger partial charge in [-0.15, -0.1) is 0 Å². The van der Waals surface area contributed by atoms with Crippen LogP contribution in [0.4, 0.5) is 17.1 Å². The molecule has 11 aromatic rings. The SMILES string of the molecule is c1ccc(-c2ccc(N(c3ccc(-c4cccc5c4oc4ccccc45)cc3)c3ccc(-c4cccc5c4ccc4ccccc45)cc3-c3ccccc3)cc2)cc1. The smallest absolute Gasteiger partial charge is 0.143 e. The number of para-hydroxylation sites is 2. The molecular formula is C56H37NO. The Hall–Kier alpha value is -7.68. The molecule has 0 atom stereocenters. The van der Waals surface area contributed by atoms with Crippen LogP contribution in [0.1, 0.15) is 0 Å². The van der Waals surface area contributed by atoms with E-state index in [-0.39, 0.29) is 0 Å². The Kier molecular flexibility index (Phi) is 8.19. The number of hydrogen-bond acceptors (Lipinski definition) is 2. The van der Waals surface area contributed by atoms with Gasteiger partial charge in [0.25, 0.3) is 0 Å². The van der Waals surface area contributed by atoms with Crippen molar-refractivity contribution < 1.29 is 4.42 Å². The number of fused-ring (bicyclic) bond motifs is 6. The van der Waals surface area contributed by atoms with E-state index in [4.69, 9.17) is 4.42 Å². The standard InChI is InChI=1S/C56H37NO/c1-3-13-38(14-4-1)39-25-31-44(32-26-39)57(45-33-27-42(28-34-45)48-21-12-23-52-51-19-9-10-24-55(51)58-56(48)52)54-36-30-43(37-53(54)40-15-5-2-6-16-40)47-20-11-22-49-46-18-8-7-17-41(46)29-35-50(47)49/h1-37H. The van der Waals surface area contributed by atoms with Crippen molar-refractivity contribution in [3.05, 3.63) is 224 Å². The molecular weight excluding hydrogens is 703 g/mol. The summed E-state index contributed by atoms with van der Waals surface area (Å²) >= 11 is 0. The van der Waals surface area contributed by atoms with E-state index in [2.05, 4.69) is 217 Å². The third kappa shape index (κ3) is 5.82. The molecule has 11 rings (SSSR count). The number of anilines is 3. The minimum atomic E-state index is 0.903. The zero-order chi connectivity index (χ0) is 38.4. The molecule has 1 heterocycles. The van der Waals surface area contributed by atoms with E-state index in [0.717, 1.165) is 61.3 Å². The Balaban J connectivity index is 1.08. The molecule has 272 valence electrons. The lowest BCUT2D eigenvalue weighted by Gasteiger charge is -2.29. The number of rotatable bonds is 7. The minimum Gasteiger partial charge on any atom is -0.455 e. The summed E-state index contributed by atoms with van der Waals surface area (Å²) < 4.78 is 6.45. The van der Waals surface area contributed by atoms with Crippen molar-refractivity contribution in [1.82, 2.24) is 0 Å². The van der Waals surface area contributed by atoms with E-state index in [1.54, 1.807) is 0 Å². The zero-order valence-electron chi connectivity index (χ0n) is 31.7. The predicted octanol–water partition coefficient (Wildman–Crippen LogP) is 16.0. The molecule has 0 saturated carbocycles. The van der Waals surface area contributed by atoms with Crippen LogP contribution >= 0.6 is 0 Å². The summed E-state index contributed by atoms with van der Waals surface area (Å²) in [4.78, 5) is 2.39. The maximum absolute atomic E-state index is 6.45. The monoisotopic (exact) mass is 739 g/mol.